The molecule has 7 rings (SSSR count). The van der Waals surface area contributed by atoms with Crippen molar-refractivity contribution in [1.29, 1.82) is 0 Å². The molecule has 11 nitrogen and oxygen atoms in total. The van der Waals surface area contributed by atoms with Crippen molar-refractivity contribution in [1.82, 2.24) is 14.5 Å². The molecule has 2 N–H and O–H groups in total. The largest absolute Gasteiger partial charge is 1.00 e. The van der Waals surface area contributed by atoms with E-state index in [1.165, 1.54) is 23.3 Å². The predicted molar refractivity (Wildman–Crippen MR) is 235 cm³/mol. The summed E-state index contributed by atoms with van der Waals surface area (Å²) in [7, 11) is -0.509. The van der Waals surface area contributed by atoms with Crippen molar-refractivity contribution in [2.75, 3.05) is 56.2 Å². The zero-order chi connectivity index (χ0) is 40.8. The molecule has 1 saturated heterocycles. The molecule has 0 saturated carbocycles. The van der Waals surface area contributed by atoms with Crippen molar-refractivity contribution in [3.05, 3.63) is 147 Å². The average Bonchev–Trinajstić information content (AvgIpc) is 3.22. The van der Waals surface area contributed by atoms with Gasteiger partial charge in [0.1, 0.15) is 5.69 Å². The number of anilines is 2. The molecule has 2 atom stereocenters. The third-order valence-electron chi connectivity index (χ3n) is 10.7. The number of benzene rings is 5. The van der Waals surface area contributed by atoms with Crippen LogP contribution in [0.1, 0.15) is 35.8 Å². The first-order chi connectivity index (χ1) is 27.9. The minimum Gasteiger partial charge on any atom is -1.00 e. The fourth-order valence-corrected chi connectivity index (χ4v) is 9.82. The molecule has 5 aromatic rings. The van der Waals surface area contributed by atoms with Gasteiger partial charge in [0.15, 0.2) is 0 Å². The molecule has 2 aliphatic heterocycles. The number of hydrogen-bond acceptors (Lipinski definition) is 10. The summed E-state index contributed by atoms with van der Waals surface area (Å²) in [5.41, 5.74) is 5.69. The number of carbonyl (C=O) groups is 1. The van der Waals surface area contributed by atoms with Gasteiger partial charge in [0.2, 0.25) is 0 Å². The molecule has 2 heterocycles. The van der Waals surface area contributed by atoms with Gasteiger partial charge in [-0.25, -0.2) is 13.1 Å². The summed E-state index contributed by atoms with van der Waals surface area (Å²) in [5.74, 6) is -0.149. The van der Waals surface area contributed by atoms with E-state index in [-0.39, 0.29) is 58.9 Å². The number of thioether (sulfide) groups is 1. The summed E-state index contributed by atoms with van der Waals surface area (Å²) in [4.78, 5) is 32.7. The van der Waals surface area contributed by atoms with Crippen molar-refractivity contribution in [3.63, 3.8) is 0 Å². The van der Waals surface area contributed by atoms with Gasteiger partial charge in [0.05, 0.1) is 9.82 Å². The molecule has 0 spiro atoms. The maximum Gasteiger partial charge on any atom is 1.00 e. The zero-order valence-corrected chi connectivity index (χ0v) is 37.9. The van der Waals surface area contributed by atoms with Gasteiger partial charge in [0.25, 0.3) is 21.6 Å². The van der Waals surface area contributed by atoms with Crippen LogP contribution in [-0.4, -0.2) is 87.2 Å². The van der Waals surface area contributed by atoms with Crippen LogP contribution in [0.3, 0.4) is 0 Å². The van der Waals surface area contributed by atoms with E-state index >= 15 is 0 Å². The minimum absolute atomic E-state index is 0. The van der Waals surface area contributed by atoms with Crippen LogP contribution in [0, 0.1) is 10.1 Å². The van der Waals surface area contributed by atoms with E-state index in [1.807, 2.05) is 67.5 Å². The number of amides is 1. The van der Waals surface area contributed by atoms with E-state index in [9.17, 15) is 23.3 Å². The number of nitrogens with one attached hydrogen (secondary N) is 2. The van der Waals surface area contributed by atoms with Crippen LogP contribution in [0.4, 0.5) is 17.1 Å². The molecule has 0 unspecified atom stereocenters. The smallest absolute Gasteiger partial charge is 1.00 e. The topological polar surface area (TPSA) is 128 Å². The molecule has 0 radical (unpaired) electrons. The Morgan fingerprint density at radius 2 is 1.73 bits per heavy atom. The van der Waals surface area contributed by atoms with Gasteiger partial charge in [-0.1, -0.05) is 66.2 Å². The van der Waals surface area contributed by atoms with Crippen LogP contribution in [0.5, 0.6) is 0 Å². The Hall–Kier alpha value is -3.92. The number of hydrogen-bond donors (Lipinski definition) is 2. The molecular weight excluding hydrogens is 815 g/mol. The number of nitro benzene ring substituents is 1. The number of rotatable bonds is 15. The van der Waals surface area contributed by atoms with Crippen LogP contribution in [-0.2, 0) is 23.0 Å². The first-order valence-electron chi connectivity index (χ1n) is 19.3. The number of nitro groups is 1. The number of nitrogens with zero attached hydrogens (tertiary/aromatic N) is 4. The van der Waals surface area contributed by atoms with Crippen molar-refractivity contribution in [2.24, 2.45) is 0 Å². The minimum atomic E-state index is -4.44. The van der Waals surface area contributed by atoms with E-state index in [0.29, 0.717) is 23.2 Å². The summed E-state index contributed by atoms with van der Waals surface area (Å²) in [5, 5.41) is 16.2. The average molecular weight is 863 g/mol. The number of aryl methyl sites for hydroxylation is 1. The summed E-state index contributed by atoms with van der Waals surface area (Å²) >= 11 is 7.79. The molecule has 1 fully saturated rings. The Labute approximate surface area is 379 Å². The first kappa shape index (κ1) is 44.6. The quantitative estimate of drug-likeness (QED) is 0.0619. The van der Waals surface area contributed by atoms with Crippen LogP contribution >= 0.6 is 23.4 Å². The Kier molecular flexibility index (Phi) is 15.2. The van der Waals surface area contributed by atoms with Gasteiger partial charge < -0.3 is 16.5 Å². The van der Waals surface area contributed by atoms with Crippen molar-refractivity contribution >= 4 is 56.4 Å². The molecule has 0 bridgehead atoms. The Balaban J connectivity index is 0.00000341. The molecule has 304 valence electrons. The molecule has 2 aliphatic rings. The molecule has 59 heavy (non-hydrogen) atoms. The normalized spacial score (nSPS) is 15.7. The van der Waals surface area contributed by atoms with Gasteiger partial charge in [0, 0.05) is 71.3 Å². The van der Waals surface area contributed by atoms with Gasteiger partial charge >= 0.3 is 29.6 Å². The molecular formula is C44H48ClN6NaO5S2. The summed E-state index contributed by atoms with van der Waals surface area (Å²) < 4.78 is 29.2. The van der Waals surface area contributed by atoms with Crippen molar-refractivity contribution < 1.29 is 49.1 Å². The van der Waals surface area contributed by atoms with Crippen LogP contribution < -0.4 is 44.5 Å². The number of carbonyl (C=O) groups excluding carboxylic acids is 1. The second-order valence-electron chi connectivity index (χ2n) is 15.1. The van der Waals surface area contributed by atoms with E-state index < -0.39 is 20.9 Å². The van der Waals surface area contributed by atoms with E-state index in [0.717, 1.165) is 73.3 Å². The van der Waals surface area contributed by atoms with E-state index in [2.05, 4.69) is 56.2 Å². The SMILES string of the molecule is CN(C)CC[C@H](CSc1ccccc1)Nc1ccc(S(=O)(=O)NC(=O)c2ccc3c(c2)CC[C@@H]2CN(Cc4ccccc4-c4ccc(Cl)cc4)CCN32)cc1[N+](=O)[O-].[H-].[Na+]. The van der Waals surface area contributed by atoms with E-state index in [4.69, 9.17) is 11.6 Å². The monoisotopic (exact) mass is 862 g/mol. The third kappa shape index (κ3) is 11.3. The fraction of sp³-hybridized carbons (Fsp3) is 0.295. The van der Waals surface area contributed by atoms with Gasteiger partial charge in [-0.3, -0.25) is 19.8 Å². The van der Waals surface area contributed by atoms with Crippen molar-refractivity contribution in [3.8, 4) is 11.1 Å². The fourth-order valence-electron chi connectivity index (χ4n) is 7.70. The van der Waals surface area contributed by atoms with Gasteiger partial charge in [-0.05, 0) is 117 Å². The maximum absolute atomic E-state index is 13.5. The number of halogens is 1. The number of fused-ring (bicyclic) bond motifs is 3. The second-order valence-corrected chi connectivity index (χ2v) is 18.3. The Bertz CT molecular complexity index is 2380. The Morgan fingerprint density at radius 3 is 2.47 bits per heavy atom. The molecule has 0 aliphatic carbocycles. The Morgan fingerprint density at radius 1 is 0.983 bits per heavy atom. The molecule has 5 aromatic carbocycles. The van der Waals surface area contributed by atoms with Gasteiger partial charge in [-0.2, -0.15) is 0 Å². The van der Waals surface area contributed by atoms with Crippen LogP contribution in [0.25, 0.3) is 11.1 Å². The standard InChI is InChI=1S/C44H47ClN6O5S2.Na.H/c1-48(2)23-22-36(30-57-38-9-4-3-5-10-38)46-41-20-19-39(27-43(41)51(53)54)58(55,56)47-44(52)33-15-21-42-32(26-33)14-18-37-29-49(24-25-50(37)42)28-34-8-6-7-11-40(34)31-12-16-35(45)17-13-31;;/h3-13,15-17,19-21,26-27,36-37,46H,14,18,22-25,28-30H2,1-2H3,(H,47,52);;/q;+1;-1/t36-,37-;;/m1../s1. The van der Waals surface area contributed by atoms with Crippen LogP contribution in [0.15, 0.2) is 125 Å². The molecule has 15 heteroatoms. The number of piperazine rings is 1. The summed E-state index contributed by atoms with van der Waals surface area (Å²) in [6.45, 7) is 4.18. The van der Waals surface area contributed by atoms with E-state index in [1.54, 1.807) is 23.9 Å². The molecule has 1 amide bonds. The van der Waals surface area contributed by atoms with Gasteiger partial charge in [-0.15, -0.1) is 11.8 Å². The third-order valence-corrected chi connectivity index (χ3v) is 13.5. The van der Waals surface area contributed by atoms with Crippen molar-refractivity contribution in [2.45, 2.75) is 47.7 Å². The number of sulfonamides is 1. The van der Waals surface area contributed by atoms with Crippen LogP contribution in [0.2, 0.25) is 5.02 Å². The maximum atomic E-state index is 13.5. The predicted octanol–water partition coefficient (Wildman–Crippen LogP) is 5.31. The first-order valence-corrected chi connectivity index (χ1v) is 22.2. The second kappa shape index (κ2) is 20.1. The summed E-state index contributed by atoms with van der Waals surface area (Å²) in [6.07, 6.45) is 2.36. The summed E-state index contributed by atoms with van der Waals surface area (Å²) in [6, 6.07) is 35.5. The zero-order valence-electron chi connectivity index (χ0n) is 34.5. The molecule has 0 aromatic heterocycles.